The van der Waals surface area contributed by atoms with Gasteiger partial charge >= 0.3 is 0 Å². The lowest BCUT2D eigenvalue weighted by atomic mass is 9.89. The molecule has 308 valence electrons. The number of nitrogens with zero attached hydrogens (tertiary/aromatic N) is 1. The van der Waals surface area contributed by atoms with Gasteiger partial charge in [0, 0.05) is 33.6 Å². The number of rotatable bonds is 10. The summed E-state index contributed by atoms with van der Waals surface area (Å²) in [4.78, 5) is 2.35. The van der Waals surface area contributed by atoms with E-state index in [0.717, 1.165) is 56.0 Å². The number of para-hydroxylation sites is 1. The molecule has 0 saturated carbocycles. The van der Waals surface area contributed by atoms with Crippen molar-refractivity contribution in [2.75, 3.05) is 4.90 Å². The maximum atomic E-state index is 6.31. The van der Waals surface area contributed by atoms with E-state index in [1.165, 1.54) is 55.6 Å². The normalized spacial score (nSPS) is 11.2. The highest BCUT2D eigenvalue weighted by molar-refractivity contribution is 5.93. The largest absolute Gasteiger partial charge is 0.456 e. The van der Waals surface area contributed by atoms with Crippen LogP contribution in [0.4, 0.5) is 17.1 Å². The second-order valence-electron chi connectivity index (χ2n) is 16.5. The van der Waals surface area contributed by atoms with E-state index in [-0.39, 0.29) is 0 Å². The minimum atomic E-state index is 0.918. The van der Waals surface area contributed by atoms with Crippen molar-refractivity contribution >= 4 is 28.0 Å². The first-order valence-corrected chi connectivity index (χ1v) is 22.2. The molecule has 0 N–H and O–H groups in total. The van der Waals surface area contributed by atoms with Crippen LogP contribution >= 0.6 is 0 Å². The van der Waals surface area contributed by atoms with Gasteiger partial charge in [-0.15, -0.1) is 0 Å². The summed E-state index contributed by atoms with van der Waals surface area (Å²) in [6.07, 6.45) is 0. The van der Waals surface area contributed by atoms with Crippen molar-refractivity contribution in [2.45, 2.75) is 6.92 Å². The van der Waals surface area contributed by atoms with E-state index in [2.05, 4.69) is 254 Å². The van der Waals surface area contributed by atoms with Gasteiger partial charge in [-0.2, -0.15) is 0 Å². The third-order valence-electron chi connectivity index (χ3n) is 12.5. The lowest BCUT2D eigenvalue weighted by molar-refractivity contribution is 0.629. The van der Waals surface area contributed by atoms with Crippen molar-refractivity contribution in [3.63, 3.8) is 0 Å². The topological polar surface area (TPSA) is 16.4 Å². The van der Waals surface area contributed by atoms with Crippen LogP contribution in [-0.2, 0) is 0 Å². The molecule has 0 spiro atoms. The predicted octanol–water partition coefficient (Wildman–Crippen LogP) is 17.9. The lowest BCUT2D eigenvalue weighted by Gasteiger charge is -2.26. The fourth-order valence-corrected chi connectivity index (χ4v) is 9.18. The Labute approximate surface area is 381 Å². The average Bonchev–Trinajstić information content (AvgIpc) is 3.73. The van der Waals surface area contributed by atoms with E-state index in [4.69, 9.17) is 4.42 Å². The predicted molar refractivity (Wildman–Crippen MR) is 274 cm³/mol. The Morgan fingerprint density at radius 3 is 1.15 bits per heavy atom. The number of hydrogen-bond donors (Lipinski definition) is 0. The molecule has 0 atom stereocenters. The van der Waals surface area contributed by atoms with Crippen molar-refractivity contribution < 1.29 is 4.42 Å². The fraction of sp³-hybridized carbons (Fsp3) is 0.0159. The highest BCUT2D eigenvalue weighted by Crippen LogP contribution is 2.42. The van der Waals surface area contributed by atoms with Gasteiger partial charge in [-0.1, -0.05) is 206 Å². The molecular formula is C63H45NO. The van der Waals surface area contributed by atoms with Crippen LogP contribution < -0.4 is 4.90 Å². The van der Waals surface area contributed by atoms with Gasteiger partial charge in [-0.05, 0) is 122 Å². The van der Waals surface area contributed by atoms with Crippen LogP contribution in [0, 0.1) is 6.92 Å². The summed E-state index contributed by atoms with van der Waals surface area (Å²) in [5.74, 6) is 0.924. The molecule has 0 saturated heterocycles. The average molecular weight is 832 g/mol. The number of aryl methyl sites for hydroxylation is 1. The van der Waals surface area contributed by atoms with E-state index >= 15 is 0 Å². The van der Waals surface area contributed by atoms with Crippen LogP contribution in [0.25, 0.3) is 89.1 Å². The highest BCUT2D eigenvalue weighted by Gasteiger charge is 2.17. The number of fused-ring (bicyclic) bond motifs is 1. The molecule has 0 bridgehead atoms. The summed E-state index contributed by atoms with van der Waals surface area (Å²) in [5.41, 5.74) is 20.7. The monoisotopic (exact) mass is 831 g/mol. The van der Waals surface area contributed by atoms with Crippen LogP contribution in [0.15, 0.2) is 259 Å². The van der Waals surface area contributed by atoms with Gasteiger partial charge < -0.3 is 9.32 Å². The Hall–Kier alpha value is -8.46. The summed E-state index contributed by atoms with van der Waals surface area (Å²) < 4.78 is 6.31. The van der Waals surface area contributed by atoms with Gasteiger partial charge in [-0.3, -0.25) is 0 Å². The maximum absolute atomic E-state index is 6.31. The minimum absolute atomic E-state index is 0.918. The molecule has 11 rings (SSSR count). The zero-order valence-corrected chi connectivity index (χ0v) is 36.1. The number of furan rings is 1. The molecule has 0 aliphatic rings. The lowest BCUT2D eigenvalue weighted by Crippen LogP contribution is -2.09. The van der Waals surface area contributed by atoms with Gasteiger partial charge in [0.15, 0.2) is 0 Å². The molecule has 0 unspecified atom stereocenters. The molecular weight excluding hydrogens is 787 g/mol. The minimum Gasteiger partial charge on any atom is -0.456 e. The van der Waals surface area contributed by atoms with E-state index in [1.807, 2.05) is 12.1 Å². The maximum Gasteiger partial charge on any atom is 0.138 e. The molecule has 10 aromatic carbocycles. The number of anilines is 3. The summed E-state index contributed by atoms with van der Waals surface area (Å²) in [6, 6.07) is 91.3. The summed E-state index contributed by atoms with van der Waals surface area (Å²) in [5, 5.41) is 1.16. The van der Waals surface area contributed by atoms with Crippen LogP contribution in [0.1, 0.15) is 5.56 Å². The zero-order chi connectivity index (χ0) is 43.5. The Balaban J connectivity index is 0.905. The molecule has 0 fully saturated rings. The summed E-state index contributed by atoms with van der Waals surface area (Å²) >= 11 is 0. The van der Waals surface area contributed by atoms with Crippen molar-refractivity contribution in [1.82, 2.24) is 0 Å². The van der Waals surface area contributed by atoms with E-state index < -0.39 is 0 Å². The van der Waals surface area contributed by atoms with Crippen LogP contribution in [0.3, 0.4) is 0 Å². The first-order valence-electron chi connectivity index (χ1n) is 22.2. The van der Waals surface area contributed by atoms with Crippen LogP contribution in [0.5, 0.6) is 0 Å². The summed E-state index contributed by atoms with van der Waals surface area (Å²) in [7, 11) is 0. The smallest absolute Gasteiger partial charge is 0.138 e. The van der Waals surface area contributed by atoms with Gasteiger partial charge in [0.1, 0.15) is 11.3 Å². The first-order chi connectivity index (χ1) is 32.1. The molecule has 65 heavy (non-hydrogen) atoms. The SMILES string of the molecule is Cc1c(-c2cccc(-c3ccc(-c4ccc(N(c5ccc(-c6ccccc6)cc5)c5ccc(-c6ccccc6-c6ccccc6-c6ccccc6)cc5)cc4)cc3)c2)oc2ccccc12. The van der Waals surface area contributed by atoms with Gasteiger partial charge in [0.2, 0.25) is 0 Å². The first kappa shape index (κ1) is 39.4. The van der Waals surface area contributed by atoms with Gasteiger partial charge in [0.25, 0.3) is 0 Å². The Morgan fingerprint density at radius 2 is 0.631 bits per heavy atom. The molecule has 1 aromatic heterocycles. The number of hydrogen-bond acceptors (Lipinski definition) is 2. The number of benzene rings is 10. The van der Waals surface area contributed by atoms with Crippen molar-refractivity contribution in [3.8, 4) is 78.1 Å². The second-order valence-corrected chi connectivity index (χ2v) is 16.5. The van der Waals surface area contributed by atoms with Crippen molar-refractivity contribution in [2.24, 2.45) is 0 Å². The van der Waals surface area contributed by atoms with E-state index in [1.54, 1.807) is 0 Å². The molecule has 1 heterocycles. The second kappa shape index (κ2) is 17.4. The Morgan fingerprint density at radius 1 is 0.277 bits per heavy atom. The molecule has 0 aliphatic heterocycles. The fourth-order valence-electron chi connectivity index (χ4n) is 9.18. The molecule has 11 aromatic rings. The van der Waals surface area contributed by atoms with Crippen molar-refractivity contribution in [3.05, 3.63) is 260 Å². The third kappa shape index (κ3) is 7.84. The van der Waals surface area contributed by atoms with Gasteiger partial charge in [0.05, 0.1) is 0 Å². The molecule has 0 radical (unpaired) electrons. The van der Waals surface area contributed by atoms with Crippen LogP contribution in [0.2, 0.25) is 0 Å². The molecule has 2 nitrogen and oxygen atoms in total. The van der Waals surface area contributed by atoms with Gasteiger partial charge in [-0.25, -0.2) is 0 Å². The Bertz CT molecular complexity index is 3380. The zero-order valence-electron chi connectivity index (χ0n) is 36.1. The molecule has 2 heteroatoms. The van der Waals surface area contributed by atoms with Crippen LogP contribution in [-0.4, -0.2) is 0 Å². The van der Waals surface area contributed by atoms with E-state index in [0.29, 0.717) is 0 Å². The third-order valence-corrected chi connectivity index (χ3v) is 12.5. The molecule has 0 amide bonds. The standard InChI is InChI=1S/C63H45NO/c1-44-57-21-12-13-26-62(57)65-63(44)53-20-14-19-52(43-53)49-29-27-46(28-30-49)48-33-39-55(40-34-48)64(54-37-31-47(32-38-54)45-15-4-2-5-16-45)56-41-35-51(36-42-56)59-23-9-11-25-61(59)60-24-10-8-22-58(60)50-17-6-3-7-18-50/h2-43H,1H3. The molecule has 0 aliphatic carbocycles. The summed E-state index contributed by atoms with van der Waals surface area (Å²) in [6.45, 7) is 2.14. The highest BCUT2D eigenvalue weighted by atomic mass is 16.3. The van der Waals surface area contributed by atoms with E-state index in [9.17, 15) is 0 Å². The van der Waals surface area contributed by atoms with Crippen molar-refractivity contribution in [1.29, 1.82) is 0 Å². The quantitative estimate of drug-likeness (QED) is 0.136. The Kier molecular flexibility index (Phi) is 10.5.